The van der Waals surface area contributed by atoms with Gasteiger partial charge >= 0.3 is 0 Å². The monoisotopic (exact) mass is 178 g/mol. The molecule has 13 heavy (non-hydrogen) atoms. The van der Waals surface area contributed by atoms with E-state index < -0.39 is 0 Å². The minimum absolute atomic E-state index is 0.352. The van der Waals surface area contributed by atoms with Gasteiger partial charge < -0.3 is 0 Å². The van der Waals surface area contributed by atoms with Crippen LogP contribution in [0.2, 0.25) is 0 Å². The van der Waals surface area contributed by atoms with Gasteiger partial charge in [-0.15, -0.1) is 0 Å². The van der Waals surface area contributed by atoms with Crippen molar-refractivity contribution in [1.29, 1.82) is 0 Å². The lowest BCUT2D eigenvalue weighted by Gasteiger charge is -2.04. The Kier molecular flexibility index (Phi) is 2.96. The number of hydrogen-bond donors (Lipinski definition) is 0. The fourth-order valence-corrected chi connectivity index (χ4v) is 1.08. The van der Waals surface area contributed by atoms with Crippen molar-refractivity contribution >= 4 is 11.9 Å². The van der Waals surface area contributed by atoms with E-state index in [1.807, 2.05) is 6.92 Å². The van der Waals surface area contributed by atoms with Crippen LogP contribution in [0.25, 0.3) is 5.57 Å². The molecule has 1 aromatic rings. The summed E-state index contributed by atoms with van der Waals surface area (Å²) in [4.78, 5) is 10.3. The Hall–Kier alpha value is -1.44. The second-order valence-electron chi connectivity index (χ2n) is 2.81. The van der Waals surface area contributed by atoms with Gasteiger partial charge in [-0.3, -0.25) is 4.79 Å². The van der Waals surface area contributed by atoms with Crippen LogP contribution in [0, 0.1) is 5.82 Å². The molecule has 0 saturated heterocycles. The summed E-state index contributed by atoms with van der Waals surface area (Å²) in [5.74, 6) is -0.378. The highest BCUT2D eigenvalue weighted by molar-refractivity contribution is 5.76. The van der Waals surface area contributed by atoms with Crippen LogP contribution in [-0.2, 0) is 0 Å². The molecular formula is C11H11FO. The summed E-state index contributed by atoms with van der Waals surface area (Å²) in [6.07, 6.45) is 1.33. The molecule has 0 heterocycles. The van der Waals surface area contributed by atoms with Gasteiger partial charge in [-0.05, 0) is 18.1 Å². The van der Waals surface area contributed by atoms with Crippen LogP contribution in [0.1, 0.15) is 29.3 Å². The van der Waals surface area contributed by atoms with Crippen molar-refractivity contribution in [2.24, 2.45) is 0 Å². The molecule has 0 bridgehead atoms. The van der Waals surface area contributed by atoms with Gasteiger partial charge in [-0.2, -0.15) is 0 Å². The first-order valence-electron chi connectivity index (χ1n) is 4.12. The number of carbonyl (C=O) groups excluding carboxylic acids is 1. The molecule has 0 aliphatic heterocycles. The van der Waals surface area contributed by atoms with Crippen LogP contribution >= 0.6 is 0 Å². The van der Waals surface area contributed by atoms with E-state index in [1.54, 1.807) is 12.1 Å². The first-order chi connectivity index (χ1) is 6.19. The summed E-state index contributed by atoms with van der Waals surface area (Å²) < 4.78 is 13.3. The van der Waals surface area contributed by atoms with Crippen molar-refractivity contribution in [3.8, 4) is 0 Å². The van der Waals surface area contributed by atoms with E-state index in [0.717, 1.165) is 5.57 Å². The van der Waals surface area contributed by atoms with Crippen molar-refractivity contribution in [3.05, 3.63) is 41.7 Å². The number of benzene rings is 1. The largest absolute Gasteiger partial charge is 0.298 e. The standard InChI is InChI=1S/C11H11FO/c1-3-8(2)10-5-4-9(7-13)6-11(10)12/h4-7H,2-3H2,1H3. The molecule has 1 aromatic carbocycles. The number of carbonyl (C=O) groups is 1. The van der Waals surface area contributed by atoms with Crippen LogP contribution in [0.3, 0.4) is 0 Å². The lowest BCUT2D eigenvalue weighted by molar-refractivity contribution is 0.112. The molecule has 0 atom stereocenters. The SMILES string of the molecule is C=C(CC)c1ccc(C=O)cc1F. The second kappa shape index (κ2) is 3.99. The molecule has 1 nitrogen and oxygen atoms in total. The Balaban J connectivity index is 3.12. The van der Waals surface area contributed by atoms with Gasteiger partial charge in [0.05, 0.1) is 0 Å². The molecule has 0 fully saturated rings. The highest BCUT2D eigenvalue weighted by Gasteiger charge is 2.04. The topological polar surface area (TPSA) is 17.1 Å². The van der Waals surface area contributed by atoms with Gasteiger partial charge in [0.25, 0.3) is 0 Å². The molecule has 0 saturated carbocycles. The number of aldehydes is 1. The van der Waals surface area contributed by atoms with E-state index in [0.29, 0.717) is 23.8 Å². The average Bonchev–Trinajstić information content (AvgIpc) is 2.16. The maximum Gasteiger partial charge on any atom is 0.150 e. The number of rotatable bonds is 3. The lowest BCUT2D eigenvalue weighted by Crippen LogP contribution is -1.90. The zero-order chi connectivity index (χ0) is 9.84. The Bertz CT molecular complexity index is 342. The second-order valence-corrected chi connectivity index (χ2v) is 2.81. The Morgan fingerprint density at radius 1 is 1.62 bits per heavy atom. The molecule has 0 aromatic heterocycles. The van der Waals surface area contributed by atoms with Gasteiger partial charge in [-0.25, -0.2) is 4.39 Å². The predicted molar refractivity (Wildman–Crippen MR) is 51.1 cm³/mol. The van der Waals surface area contributed by atoms with Crippen molar-refractivity contribution in [3.63, 3.8) is 0 Å². The Morgan fingerprint density at radius 2 is 2.31 bits per heavy atom. The van der Waals surface area contributed by atoms with Crippen molar-refractivity contribution < 1.29 is 9.18 Å². The Morgan fingerprint density at radius 3 is 2.77 bits per heavy atom. The molecule has 0 radical (unpaired) electrons. The molecule has 0 aliphatic carbocycles. The smallest absolute Gasteiger partial charge is 0.150 e. The molecular weight excluding hydrogens is 167 g/mol. The van der Waals surface area contributed by atoms with Crippen LogP contribution < -0.4 is 0 Å². The Labute approximate surface area is 76.9 Å². The van der Waals surface area contributed by atoms with Crippen LogP contribution in [0.4, 0.5) is 4.39 Å². The van der Waals surface area contributed by atoms with E-state index in [9.17, 15) is 9.18 Å². The average molecular weight is 178 g/mol. The van der Waals surface area contributed by atoms with E-state index in [2.05, 4.69) is 6.58 Å². The summed E-state index contributed by atoms with van der Waals surface area (Å²) in [6.45, 7) is 5.64. The summed E-state index contributed by atoms with van der Waals surface area (Å²) in [7, 11) is 0. The van der Waals surface area contributed by atoms with Crippen molar-refractivity contribution in [1.82, 2.24) is 0 Å². The fourth-order valence-electron chi connectivity index (χ4n) is 1.08. The van der Waals surface area contributed by atoms with E-state index in [4.69, 9.17) is 0 Å². The van der Waals surface area contributed by atoms with Crippen molar-refractivity contribution in [2.45, 2.75) is 13.3 Å². The van der Waals surface area contributed by atoms with Gasteiger partial charge in [0.1, 0.15) is 12.1 Å². The minimum Gasteiger partial charge on any atom is -0.298 e. The minimum atomic E-state index is -0.378. The maximum absolute atomic E-state index is 13.3. The number of halogens is 1. The maximum atomic E-state index is 13.3. The zero-order valence-electron chi connectivity index (χ0n) is 7.51. The molecule has 0 amide bonds. The molecule has 68 valence electrons. The van der Waals surface area contributed by atoms with Gasteiger partial charge in [0.15, 0.2) is 0 Å². The van der Waals surface area contributed by atoms with E-state index in [1.165, 1.54) is 6.07 Å². The molecule has 2 heteroatoms. The lowest BCUT2D eigenvalue weighted by atomic mass is 10.0. The quantitative estimate of drug-likeness (QED) is 0.650. The molecule has 0 spiro atoms. The first-order valence-corrected chi connectivity index (χ1v) is 4.12. The van der Waals surface area contributed by atoms with Gasteiger partial charge in [0.2, 0.25) is 0 Å². The number of hydrogen-bond acceptors (Lipinski definition) is 1. The predicted octanol–water partition coefficient (Wildman–Crippen LogP) is 3.06. The molecule has 1 rings (SSSR count). The third-order valence-electron chi connectivity index (χ3n) is 1.94. The van der Waals surface area contributed by atoms with E-state index in [-0.39, 0.29) is 5.82 Å². The molecule has 0 aliphatic rings. The molecule has 0 N–H and O–H groups in total. The normalized spacial score (nSPS) is 9.69. The molecule has 0 unspecified atom stereocenters. The van der Waals surface area contributed by atoms with Crippen LogP contribution in [0.15, 0.2) is 24.8 Å². The van der Waals surface area contributed by atoms with Gasteiger partial charge in [-0.1, -0.05) is 25.6 Å². The highest BCUT2D eigenvalue weighted by Crippen LogP contribution is 2.19. The summed E-state index contributed by atoms with van der Waals surface area (Å²) in [5, 5.41) is 0. The number of allylic oxidation sites excluding steroid dienone is 1. The third kappa shape index (κ3) is 2.02. The van der Waals surface area contributed by atoms with Crippen LogP contribution in [0.5, 0.6) is 0 Å². The summed E-state index contributed by atoms with van der Waals surface area (Å²) in [6, 6.07) is 4.40. The fraction of sp³-hybridized carbons (Fsp3) is 0.182. The van der Waals surface area contributed by atoms with Crippen LogP contribution in [-0.4, -0.2) is 6.29 Å². The van der Waals surface area contributed by atoms with Gasteiger partial charge in [0, 0.05) is 11.1 Å². The highest BCUT2D eigenvalue weighted by atomic mass is 19.1. The van der Waals surface area contributed by atoms with Crippen molar-refractivity contribution in [2.75, 3.05) is 0 Å². The summed E-state index contributed by atoms with van der Waals surface area (Å²) >= 11 is 0. The summed E-state index contributed by atoms with van der Waals surface area (Å²) in [5.41, 5.74) is 1.59. The van der Waals surface area contributed by atoms with E-state index >= 15 is 0 Å². The first kappa shape index (κ1) is 9.65. The third-order valence-corrected chi connectivity index (χ3v) is 1.94. The zero-order valence-corrected chi connectivity index (χ0v) is 7.51.